The number of nitriles is 1. The van der Waals surface area contributed by atoms with Crippen LogP contribution in [0.15, 0.2) is 54.6 Å². The van der Waals surface area contributed by atoms with Crippen LogP contribution in [0.2, 0.25) is 0 Å². The zero-order chi connectivity index (χ0) is 20.5. The second-order valence-electron chi connectivity index (χ2n) is 5.94. The Hall–Kier alpha value is -3.86. The van der Waals surface area contributed by atoms with Crippen molar-refractivity contribution < 1.29 is 19.1 Å². The maximum atomic E-state index is 12.1. The van der Waals surface area contributed by atoms with E-state index in [0.717, 1.165) is 0 Å². The minimum Gasteiger partial charge on any atom is -0.451 e. The summed E-state index contributed by atoms with van der Waals surface area (Å²) in [6.07, 6.45) is -1.07. The van der Waals surface area contributed by atoms with E-state index in [1.165, 1.54) is 13.8 Å². The zero-order valence-corrected chi connectivity index (χ0v) is 15.4. The number of urea groups is 1. The molecule has 0 aliphatic rings. The lowest BCUT2D eigenvalue weighted by Gasteiger charge is -2.18. The molecule has 0 radical (unpaired) electrons. The number of hydrogen-bond donors (Lipinski definition) is 3. The van der Waals surface area contributed by atoms with Crippen LogP contribution in [0.1, 0.15) is 19.4 Å². The van der Waals surface area contributed by atoms with Crippen molar-refractivity contribution in [1.82, 2.24) is 5.32 Å². The molecule has 2 atom stereocenters. The van der Waals surface area contributed by atoms with Gasteiger partial charge in [0.05, 0.1) is 11.6 Å². The molecule has 0 heterocycles. The summed E-state index contributed by atoms with van der Waals surface area (Å²) in [7, 11) is 0. The molecule has 2 aromatic carbocycles. The van der Waals surface area contributed by atoms with E-state index < -0.39 is 30.1 Å². The van der Waals surface area contributed by atoms with Crippen LogP contribution in [0.25, 0.3) is 0 Å². The van der Waals surface area contributed by atoms with Crippen LogP contribution in [0.3, 0.4) is 0 Å². The Morgan fingerprint density at radius 1 is 0.929 bits per heavy atom. The van der Waals surface area contributed by atoms with Gasteiger partial charge in [-0.3, -0.25) is 4.79 Å². The molecule has 0 saturated carbocycles. The Kier molecular flexibility index (Phi) is 7.11. The summed E-state index contributed by atoms with van der Waals surface area (Å²) in [6.45, 7) is 2.88. The van der Waals surface area contributed by atoms with Gasteiger partial charge in [0.25, 0.3) is 5.91 Å². The Labute approximate surface area is 162 Å². The standard InChI is InChI=1S/C20H20N4O4/c1-13(22-20(27)24-16-6-4-3-5-7-16)19(26)28-14(2)18(25)23-17-10-8-15(12-21)9-11-17/h3-11,13-14H,1-2H3,(H,23,25)(H2,22,24,27)/t13-,14-/m0/s1. The molecule has 0 bridgehead atoms. The molecule has 8 heteroatoms. The number of hydrogen-bond acceptors (Lipinski definition) is 5. The first-order valence-corrected chi connectivity index (χ1v) is 8.53. The highest BCUT2D eigenvalue weighted by Gasteiger charge is 2.23. The van der Waals surface area contributed by atoms with Crippen LogP contribution in [0.5, 0.6) is 0 Å². The van der Waals surface area contributed by atoms with Crippen LogP contribution in [-0.4, -0.2) is 30.1 Å². The fourth-order valence-electron chi connectivity index (χ4n) is 2.15. The highest BCUT2D eigenvalue weighted by Crippen LogP contribution is 2.10. The number of para-hydroxylation sites is 1. The summed E-state index contributed by atoms with van der Waals surface area (Å²) >= 11 is 0. The minimum atomic E-state index is -1.07. The monoisotopic (exact) mass is 380 g/mol. The van der Waals surface area contributed by atoms with E-state index in [9.17, 15) is 14.4 Å². The first-order valence-electron chi connectivity index (χ1n) is 8.53. The van der Waals surface area contributed by atoms with Gasteiger partial charge in [0.15, 0.2) is 6.10 Å². The molecule has 3 amide bonds. The lowest BCUT2D eigenvalue weighted by molar-refractivity contribution is -0.154. The third kappa shape index (κ3) is 6.14. The van der Waals surface area contributed by atoms with Gasteiger partial charge in [-0.15, -0.1) is 0 Å². The van der Waals surface area contributed by atoms with Crippen LogP contribution in [0.4, 0.5) is 16.2 Å². The molecule has 28 heavy (non-hydrogen) atoms. The Bertz CT molecular complexity index is 875. The van der Waals surface area contributed by atoms with E-state index in [1.807, 2.05) is 12.1 Å². The molecular formula is C20H20N4O4. The molecule has 0 aliphatic heterocycles. The van der Waals surface area contributed by atoms with E-state index in [1.54, 1.807) is 48.5 Å². The van der Waals surface area contributed by atoms with Crippen molar-refractivity contribution in [2.45, 2.75) is 26.0 Å². The molecule has 2 rings (SSSR count). The third-order valence-electron chi connectivity index (χ3n) is 3.68. The number of esters is 1. The van der Waals surface area contributed by atoms with Gasteiger partial charge in [0, 0.05) is 11.4 Å². The van der Waals surface area contributed by atoms with Gasteiger partial charge in [0.2, 0.25) is 0 Å². The molecule has 0 spiro atoms. The maximum absolute atomic E-state index is 12.1. The predicted octanol–water partition coefficient (Wildman–Crippen LogP) is 2.64. The number of benzene rings is 2. The van der Waals surface area contributed by atoms with Crippen LogP contribution in [-0.2, 0) is 14.3 Å². The third-order valence-corrected chi connectivity index (χ3v) is 3.68. The van der Waals surface area contributed by atoms with E-state index in [-0.39, 0.29) is 0 Å². The van der Waals surface area contributed by atoms with Gasteiger partial charge in [-0.05, 0) is 50.2 Å². The predicted molar refractivity (Wildman–Crippen MR) is 103 cm³/mol. The molecule has 3 N–H and O–H groups in total. The van der Waals surface area contributed by atoms with Gasteiger partial charge in [0.1, 0.15) is 6.04 Å². The summed E-state index contributed by atoms with van der Waals surface area (Å²) in [5.41, 5.74) is 1.52. The van der Waals surface area contributed by atoms with Gasteiger partial charge < -0.3 is 20.7 Å². The number of nitrogens with zero attached hydrogens (tertiary/aromatic N) is 1. The highest BCUT2D eigenvalue weighted by atomic mass is 16.5. The van der Waals surface area contributed by atoms with Gasteiger partial charge >= 0.3 is 12.0 Å². The molecule has 8 nitrogen and oxygen atoms in total. The average Bonchev–Trinajstić information content (AvgIpc) is 2.69. The molecule has 2 aromatic rings. The first kappa shape index (κ1) is 20.5. The number of carbonyl (C=O) groups excluding carboxylic acids is 3. The lowest BCUT2D eigenvalue weighted by Crippen LogP contribution is -2.44. The molecule has 0 fully saturated rings. The smallest absolute Gasteiger partial charge is 0.329 e. The topological polar surface area (TPSA) is 120 Å². The van der Waals surface area contributed by atoms with Gasteiger partial charge in [-0.1, -0.05) is 18.2 Å². The maximum Gasteiger partial charge on any atom is 0.329 e. The minimum absolute atomic E-state index is 0.464. The molecule has 0 unspecified atom stereocenters. The molecular weight excluding hydrogens is 360 g/mol. The number of rotatable bonds is 6. The molecule has 0 aliphatic carbocycles. The van der Waals surface area contributed by atoms with Gasteiger partial charge in [-0.25, -0.2) is 9.59 Å². The first-order chi connectivity index (χ1) is 13.4. The molecule has 0 saturated heterocycles. The number of nitrogens with one attached hydrogen (secondary N) is 3. The Morgan fingerprint density at radius 3 is 2.14 bits per heavy atom. The van der Waals surface area contributed by atoms with E-state index >= 15 is 0 Å². The number of anilines is 2. The summed E-state index contributed by atoms with van der Waals surface area (Å²) in [4.78, 5) is 36.1. The summed E-state index contributed by atoms with van der Waals surface area (Å²) in [5.74, 6) is -1.27. The highest BCUT2D eigenvalue weighted by molar-refractivity contribution is 5.96. The largest absolute Gasteiger partial charge is 0.451 e. The van der Waals surface area contributed by atoms with Crippen molar-refractivity contribution in [2.75, 3.05) is 10.6 Å². The number of amides is 3. The van der Waals surface area contributed by atoms with Crippen LogP contribution >= 0.6 is 0 Å². The quantitative estimate of drug-likeness (QED) is 0.665. The number of ether oxygens (including phenoxy) is 1. The van der Waals surface area contributed by atoms with Crippen LogP contribution in [0, 0.1) is 11.3 Å². The molecule has 144 valence electrons. The summed E-state index contributed by atoms with van der Waals surface area (Å²) < 4.78 is 5.10. The summed E-state index contributed by atoms with van der Waals surface area (Å²) in [6, 6.07) is 15.5. The second kappa shape index (κ2) is 9.73. The van der Waals surface area contributed by atoms with E-state index in [0.29, 0.717) is 16.9 Å². The molecule has 0 aromatic heterocycles. The van der Waals surface area contributed by atoms with Crippen molar-refractivity contribution in [3.63, 3.8) is 0 Å². The van der Waals surface area contributed by atoms with Crippen LogP contribution < -0.4 is 16.0 Å². The van der Waals surface area contributed by atoms with Gasteiger partial charge in [-0.2, -0.15) is 5.26 Å². The zero-order valence-electron chi connectivity index (χ0n) is 15.4. The summed E-state index contributed by atoms with van der Waals surface area (Å²) in [5, 5.41) is 16.4. The number of carbonyl (C=O) groups is 3. The van der Waals surface area contributed by atoms with Crippen molar-refractivity contribution in [2.24, 2.45) is 0 Å². The Morgan fingerprint density at radius 2 is 1.54 bits per heavy atom. The lowest BCUT2D eigenvalue weighted by atomic mass is 10.2. The van der Waals surface area contributed by atoms with E-state index in [4.69, 9.17) is 10.00 Å². The van der Waals surface area contributed by atoms with Crippen molar-refractivity contribution in [1.29, 1.82) is 5.26 Å². The average molecular weight is 380 g/mol. The van der Waals surface area contributed by atoms with Crippen molar-refractivity contribution in [3.8, 4) is 6.07 Å². The van der Waals surface area contributed by atoms with Crippen molar-refractivity contribution >= 4 is 29.3 Å². The van der Waals surface area contributed by atoms with E-state index in [2.05, 4.69) is 16.0 Å². The normalized spacial score (nSPS) is 12.0. The SMILES string of the molecule is C[C@H](NC(=O)Nc1ccccc1)C(=O)O[C@@H](C)C(=O)Nc1ccc(C#N)cc1. The fourth-order valence-corrected chi connectivity index (χ4v) is 2.15. The Balaban J connectivity index is 1.81. The second-order valence-corrected chi connectivity index (χ2v) is 5.94. The van der Waals surface area contributed by atoms with Crippen molar-refractivity contribution in [3.05, 3.63) is 60.2 Å². The fraction of sp³-hybridized carbons (Fsp3) is 0.200.